The lowest BCUT2D eigenvalue weighted by Crippen LogP contribution is -2.47. The standard InChI is InChI=1S/C18H26N2O3/c1-22-15-11-14(12-16(13-15)23-2)17(21)20-9-5-18(6-10-20)3-7-19-8-4-18/h11-13,19H,3-10H2,1-2H3. The minimum atomic E-state index is 0.0750. The van der Waals surface area contributed by atoms with Crippen molar-refractivity contribution in [2.45, 2.75) is 25.7 Å². The average molecular weight is 318 g/mol. The fourth-order valence-corrected chi connectivity index (χ4v) is 3.75. The van der Waals surface area contributed by atoms with Gasteiger partial charge in [-0.2, -0.15) is 0 Å². The Morgan fingerprint density at radius 3 is 2.09 bits per heavy atom. The Kier molecular flexibility index (Phi) is 4.76. The molecule has 0 unspecified atom stereocenters. The molecule has 3 rings (SSSR count). The Hall–Kier alpha value is -1.75. The van der Waals surface area contributed by atoms with Crippen molar-refractivity contribution in [3.63, 3.8) is 0 Å². The number of likely N-dealkylation sites (tertiary alicyclic amines) is 1. The van der Waals surface area contributed by atoms with Gasteiger partial charge in [-0.05, 0) is 56.3 Å². The summed E-state index contributed by atoms with van der Waals surface area (Å²) in [6.07, 6.45) is 4.70. The molecule has 2 fully saturated rings. The van der Waals surface area contributed by atoms with Gasteiger partial charge in [0.1, 0.15) is 11.5 Å². The SMILES string of the molecule is COc1cc(OC)cc(C(=O)N2CCC3(CCNCC3)CC2)c1. The summed E-state index contributed by atoms with van der Waals surface area (Å²) in [4.78, 5) is 14.8. The van der Waals surface area contributed by atoms with Crippen LogP contribution < -0.4 is 14.8 Å². The van der Waals surface area contributed by atoms with E-state index in [4.69, 9.17) is 9.47 Å². The number of ether oxygens (including phenoxy) is 2. The summed E-state index contributed by atoms with van der Waals surface area (Å²) < 4.78 is 10.5. The highest BCUT2D eigenvalue weighted by Crippen LogP contribution is 2.39. The normalized spacial score (nSPS) is 20.3. The summed E-state index contributed by atoms with van der Waals surface area (Å²) >= 11 is 0. The zero-order valence-electron chi connectivity index (χ0n) is 14.1. The van der Waals surface area contributed by atoms with Gasteiger partial charge in [0.15, 0.2) is 0 Å². The van der Waals surface area contributed by atoms with E-state index in [-0.39, 0.29) is 5.91 Å². The van der Waals surface area contributed by atoms with Crippen molar-refractivity contribution in [1.82, 2.24) is 10.2 Å². The second-order valence-corrected chi connectivity index (χ2v) is 6.64. The van der Waals surface area contributed by atoms with Gasteiger partial charge in [0.2, 0.25) is 0 Å². The predicted octanol–water partition coefficient (Wildman–Crippen LogP) is 2.31. The van der Waals surface area contributed by atoms with Crippen LogP contribution in [0.15, 0.2) is 18.2 Å². The van der Waals surface area contributed by atoms with E-state index in [1.54, 1.807) is 32.4 Å². The molecule has 0 aromatic heterocycles. The lowest BCUT2D eigenvalue weighted by Gasteiger charge is -2.44. The molecule has 5 nitrogen and oxygen atoms in total. The molecule has 1 N–H and O–H groups in total. The third-order valence-electron chi connectivity index (χ3n) is 5.37. The molecule has 0 aliphatic carbocycles. The molecule has 1 aromatic carbocycles. The number of nitrogens with zero attached hydrogens (tertiary/aromatic N) is 1. The number of methoxy groups -OCH3 is 2. The van der Waals surface area contributed by atoms with Gasteiger partial charge >= 0.3 is 0 Å². The van der Waals surface area contributed by atoms with Crippen molar-refractivity contribution in [3.8, 4) is 11.5 Å². The van der Waals surface area contributed by atoms with Crippen LogP contribution in [-0.4, -0.2) is 51.2 Å². The second kappa shape index (κ2) is 6.79. The summed E-state index contributed by atoms with van der Waals surface area (Å²) in [5, 5.41) is 3.43. The number of carbonyl (C=O) groups is 1. The maximum Gasteiger partial charge on any atom is 0.254 e. The third kappa shape index (κ3) is 3.44. The minimum Gasteiger partial charge on any atom is -0.497 e. The highest BCUT2D eigenvalue weighted by molar-refractivity contribution is 5.95. The van der Waals surface area contributed by atoms with Gasteiger partial charge < -0.3 is 19.7 Å². The first-order chi connectivity index (χ1) is 11.2. The molecule has 2 aliphatic rings. The lowest BCUT2D eigenvalue weighted by molar-refractivity contribution is 0.0495. The third-order valence-corrected chi connectivity index (χ3v) is 5.37. The second-order valence-electron chi connectivity index (χ2n) is 6.64. The fourth-order valence-electron chi connectivity index (χ4n) is 3.75. The molecule has 0 radical (unpaired) electrons. The van der Waals surface area contributed by atoms with Crippen molar-refractivity contribution < 1.29 is 14.3 Å². The number of rotatable bonds is 3. The highest BCUT2D eigenvalue weighted by atomic mass is 16.5. The molecule has 2 aliphatic heterocycles. The number of hydrogen-bond donors (Lipinski definition) is 1. The molecule has 0 atom stereocenters. The number of hydrogen-bond acceptors (Lipinski definition) is 4. The first-order valence-electron chi connectivity index (χ1n) is 8.39. The highest BCUT2D eigenvalue weighted by Gasteiger charge is 2.36. The van der Waals surface area contributed by atoms with Gasteiger partial charge in [0, 0.05) is 24.7 Å². The van der Waals surface area contributed by atoms with Gasteiger partial charge in [-0.15, -0.1) is 0 Å². The zero-order valence-corrected chi connectivity index (χ0v) is 14.1. The van der Waals surface area contributed by atoms with Crippen LogP contribution in [0.4, 0.5) is 0 Å². The van der Waals surface area contributed by atoms with Crippen LogP contribution in [-0.2, 0) is 0 Å². The molecule has 1 aromatic rings. The molecule has 2 heterocycles. The molecule has 1 spiro atoms. The fraction of sp³-hybridized carbons (Fsp3) is 0.611. The van der Waals surface area contributed by atoms with Crippen LogP contribution in [0.1, 0.15) is 36.0 Å². The number of amides is 1. The molecule has 0 bridgehead atoms. The first kappa shape index (κ1) is 16.1. The van der Waals surface area contributed by atoms with E-state index < -0.39 is 0 Å². The van der Waals surface area contributed by atoms with Crippen molar-refractivity contribution in [2.24, 2.45) is 5.41 Å². The van der Waals surface area contributed by atoms with Gasteiger partial charge in [-0.25, -0.2) is 0 Å². The van der Waals surface area contributed by atoms with Gasteiger partial charge in [-0.3, -0.25) is 4.79 Å². The topological polar surface area (TPSA) is 50.8 Å². The van der Waals surface area contributed by atoms with Crippen LogP contribution in [0.2, 0.25) is 0 Å². The molecular formula is C18H26N2O3. The van der Waals surface area contributed by atoms with E-state index in [1.807, 2.05) is 4.90 Å². The number of carbonyl (C=O) groups excluding carboxylic acids is 1. The van der Waals surface area contributed by atoms with Crippen molar-refractivity contribution >= 4 is 5.91 Å². The molecule has 126 valence electrons. The monoisotopic (exact) mass is 318 g/mol. The van der Waals surface area contributed by atoms with Gasteiger partial charge in [0.25, 0.3) is 5.91 Å². The summed E-state index contributed by atoms with van der Waals surface area (Å²) in [6, 6.07) is 5.37. The van der Waals surface area contributed by atoms with E-state index in [0.717, 1.165) is 39.0 Å². The summed E-state index contributed by atoms with van der Waals surface area (Å²) in [7, 11) is 3.20. The molecule has 0 saturated carbocycles. The first-order valence-corrected chi connectivity index (χ1v) is 8.39. The number of nitrogens with one attached hydrogen (secondary N) is 1. The molecule has 2 saturated heterocycles. The van der Waals surface area contributed by atoms with Crippen molar-refractivity contribution in [3.05, 3.63) is 23.8 Å². The van der Waals surface area contributed by atoms with E-state index in [0.29, 0.717) is 22.5 Å². The van der Waals surface area contributed by atoms with Crippen LogP contribution in [0.5, 0.6) is 11.5 Å². The van der Waals surface area contributed by atoms with Crippen LogP contribution in [0.3, 0.4) is 0 Å². The van der Waals surface area contributed by atoms with Crippen molar-refractivity contribution in [2.75, 3.05) is 40.4 Å². The van der Waals surface area contributed by atoms with Crippen LogP contribution in [0.25, 0.3) is 0 Å². The lowest BCUT2D eigenvalue weighted by atomic mass is 9.71. The summed E-state index contributed by atoms with van der Waals surface area (Å²) in [5.41, 5.74) is 1.09. The smallest absolute Gasteiger partial charge is 0.254 e. The molecule has 1 amide bonds. The van der Waals surface area contributed by atoms with Crippen LogP contribution >= 0.6 is 0 Å². The zero-order chi connectivity index (χ0) is 16.3. The van der Waals surface area contributed by atoms with Crippen molar-refractivity contribution in [1.29, 1.82) is 0 Å². The van der Waals surface area contributed by atoms with Gasteiger partial charge in [-0.1, -0.05) is 0 Å². The molecule has 5 heteroatoms. The number of piperidine rings is 2. The molecular weight excluding hydrogens is 292 g/mol. The van der Waals surface area contributed by atoms with E-state index in [2.05, 4.69) is 5.32 Å². The Bertz CT molecular complexity index is 535. The largest absolute Gasteiger partial charge is 0.497 e. The maximum atomic E-state index is 12.8. The number of benzene rings is 1. The van der Waals surface area contributed by atoms with E-state index in [9.17, 15) is 4.79 Å². The molecule has 23 heavy (non-hydrogen) atoms. The Labute approximate surface area is 137 Å². The Morgan fingerprint density at radius 1 is 1.00 bits per heavy atom. The average Bonchev–Trinajstić information content (AvgIpc) is 2.62. The van der Waals surface area contributed by atoms with Crippen LogP contribution in [0, 0.1) is 5.41 Å². The Morgan fingerprint density at radius 2 is 1.57 bits per heavy atom. The Balaban J connectivity index is 1.69. The van der Waals surface area contributed by atoms with E-state index in [1.165, 1.54) is 12.8 Å². The quantitative estimate of drug-likeness (QED) is 0.929. The maximum absolute atomic E-state index is 12.8. The van der Waals surface area contributed by atoms with E-state index >= 15 is 0 Å². The minimum absolute atomic E-state index is 0.0750. The summed E-state index contributed by atoms with van der Waals surface area (Å²) in [5.74, 6) is 1.38. The predicted molar refractivity (Wildman–Crippen MR) is 89.2 cm³/mol. The summed E-state index contributed by atoms with van der Waals surface area (Å²) in [6.45, 7) is 3.92. The van der Waals surface area contributed by atoms with Gasteiger partial charge in [0.05, 0.1) is 14.2 Å².